The topological polar surface area (TPSA) is 73.7 Å². The summed E-state index contributed by atoms with van der Waals surface area (Å²) in [7, 11) is 1.68. The first kappa shape index (κ1) is 15.6. The van der Waals surface area contributed by atoms with E-state index < -0.39 is 5.97 Å². The lowest BCUT2D eigenvalue weighted by atomic mass is 10.1. The Hall–Kier alpha value is -1.47. The van der Waals surface area contributed by atoms with Crippen molar-refractivity contribution in [2.75, 3.05) is 7.05 Å². The van der Waals surface area contributed by atoms with E-state index in [1.54, 1.807) is 7.05 Å². The van der Waals surface area contributed by atoms with Crippen molar-refractivity contribution in [2.24, 2.45) is 5.10 Å². The van der Waals surface area contributed by atoms with Crippen molar-refractivity contribution in [3.8, 4) is 0 Å². The van der Waals surface area contributed by atoms with E-state index in [1.807, 2.05) is 24.3 Å². The van der Waals surface area contributed by atoms with Gasteiger partial charge in [-0.1, -0.05) is 28.1 Å². The number of carboxylic acid groups (broad SMARTS) is 1. The van der Waals surface area contributed by atoms with Crippen LogP contribution in [0, 0.1) is 0 Å². The molecule has 0 spiro atoms. The Balaban J connectivity index is 2.87. The van der Waals surface area contributed by atoms with Crippen LogP contribution >= 0.6 is 28.1 Å². The van der Waals surface area contributed by atoms with Gasteiger partial charge in [-0.2, -0.15) is 5.10 Å². The standard InChI is InChI=1S/C12H14BrN3O2S/c1-14-12(19)16-15-10(6-7-11(17)18)8-2-4-9(13)5-3-8/h2-5H,6-7H2,1H3,(H,17,18)(H2,14,16,19)/b15-10+. The van der Waals surface area contributed by atoms with Gasteiger partial charge in [0.25, 0.3) is 0 Å². The third-order valence-electron chi connectivity index (χ3n) is 2.27. The normalized spacial score (nSPS) is 10.9. The molecule has 0 saturated carbocycles. The molecule has 1 rings (SSSR count). The van der Waals surface area contributed by atoms with Crippen molar-refractivity contribution in [1.82, 2.24) is 10.7 Å². The predicted molar refractivity (Wildman–Crippen MR) is 82.3 cm³/mol. The number of aliphatic carboxylic acids is 1. The number of hydrogen-bond donors (Lipinski definition) is 3. The number of carbonyl (C=O) groups is 1. The Morgan fingerprint density at radius 3 is 2.53 bits per heavy atom. The van der Waals surface area contributed by atoms with Gasteiger partial charge in [0.05, 0.1) is 12.1 Å². The molecule has 0 radical (unpaired) electrons. The summed E-state index contributed by atoms with van der Waals surface area (Å²) >= 11 is 8.28. The number of carboxylic acids is 1. The van der Waals surface area contributed by atoms with Crippen molar-refractivity contribution in [1.29, 1.82) is 0 Å². The number of hydrazone groups is 1. The zero-order valence-electron chi connectivity index (χ0n) is 10.3. The minimum atomic E-state index is -0.860. The lowest BCUT2D eigenvalue weighted by Crippen LogP contribution is -2.29. The molecule has 0 bridgehead atoms. The molecule has 0 aliphatic heterocycles. The Morgan fingerprint density at radius 2 is 2.00 bits per heavy atom. The van der Waals surface area contributed by atoms with Crippen molar-refractivity contribution < 1.29 is 9.90 Å². The van der Waals surface area contributed by atoms with Crippen LogP contribution in [-0.2, 0) is 4.79 Å². The average Bonchev–Trinajstić information content (AvgIpc) is 2.39. The number of rotatable bonds is 5. The summed E-state index contributed by atoms with van der Waals surface area (Å²) in [6, 6.07) is 7.49. The van der Waals surface area contributed by atoms with E-state index in [1.165, 1.54) is 0 Å². The molecule has 0 heterocycles. The summed E-state index contributed by atoms with van der Waals surface area (Å²) in [6.45, 7) is 0. The highest BCUT2D eigenvalue weighted by molar-refractivity contribution is 9.10. The summed E-state index contributed by atoms with van der Waals surface area (Å²) in [5.74, 6) is -0.860. The van der Waals surface area contributed by atoms with Gasteiger partial charge in [0.2, 0.25) is 0 Å². The van der Waals surface area contributed by atoms with Crippen molar-refractivity contribution in [3.63, 3.8) is 0 Å². The second-order valence-corrected chi connectivity index (χ2v) is 4.97. The van der Waals surface area contributed by atoms with Gasteiger partial charge < -0.3 is 10.4 Å². The quantitative estimate of drug-likeness (QED) is 0.433. The fourth-order valence-electron chi connectivity index (χ4n) is 1.31. The monoisotopic (exact) mass is 343 g/mol. The largest absolute Gasteiger partial charge is 0.481 e. The molecule has 0 atom stereocenters. The molecule has 5 nitrogen and oxygen atoms in total. The van der Waals surface area contributed by atoms with E-state index in [-0.39, 0.29) is 6.42 Å². The second kappa shape index (κ2) is 7.85. The molecule has 0 fully saturated rings. The fourth-order valence-corrected chi connectivity index (χ4v) is 1.62. The molecule has 1 aromatic carbocycles. The Bertz CT molecular complexity index is 488. The molecule has 0 aliphatic rings. The Kier molecular flexibility index (Phi) is 6.44. The SMILES string of the molecule is CNC(=S)N/N=C(\CCC(=O)O)c1ccc(Br)cc1. The number of thiocarbonyl (C=S) groups is 1. The van der Waals surface area contributed by atoms with Gasteiger partial charge in [0, 0.05) is 17.9 Å². The third-order valence-corrected chi connectivity index (χ3v) is 3.10. The van der Waals surface area contributed by atoms with Gasteiger partial charge in [-0.25, -0.2) is 0 Å². The summed E-state index contributed by atoms with van der Waals surface area (Å²) in [5.41, 5.74) is 4.18. The molecular formula is C12H14BrN3O2S. The molecule has 0 unspecified atom stereocenters. The van der Waals surface area contributed by atoms with Gasteiger partial charge in [-0.3, -0.25) is 10.2 Å². The number of hydrogen-bond acceptors (Lipinski definition) is 3. The first-order valence-electron chi connectivity index (χ1n) is 5.55. The van der Waals surface area contributed by atoms with Gasteiger partial charge >= 0.3 is 5.97 Å². The number of nitrogens with one attached hydrogen (secondary N) is 2. The molecule has 0 amide bonds. The molecule has 102 valence electrons. The zero-order valence-corrected chi connectivity index (χ0v) is 12.7. The summed E-state index contributed by atoms with van der Waals surface area (Å²) in [6.07, 6.45) is 0.346. The van der Waals surface area contributed by atoms with Crippen molar-refractivity contribution >= 4 is 44.9 Å². The lowest BCUT2D eigenvalue weighted by Gasteiger charge is -2.07. The minimum absolute atomic E-state index is 0.0168. The van der Waals surface area contributed by atoms with Crippen LogP contribution in [0.3, 0.4) is 0 Å². The van der Waals surface area contributed by atoms with Gasteiger partial charge in [0.1, 0.15) is 0 Å². The van der Waals surface area contributed by atoms with Crippen LogP contribution in [-0.4, -0.2) is 28.9 Å². The molecule has 0 aromatic heterocycles. The van der Waals surface area contributed by atoms with Gasteiger partial charge in [0.15, 0.2) is 5.11 Å². The molecule has 0 saturated heterocycles. The first-order chi connectivity index (χ1) is 9.02. The summed E-state index contributed by atoms with van der Waals surface area (Å²) in [4.78, 5) is 10.7. The average molecular weight is 344 g/mol. The molecule has 19 heavy (non-hydrogen) atoms. The smallest absolute Gasteiger partial charge is 0.303 e. The highest BCUT2D eigenvalue weighted by Crippen LogP contribution is 2.13. The van der Waals surface area contributed by atoms with Crippen LogP contribution in [0.4, 0.5) is 0 Å². The van der Waals surface area contributed by atoms with Crippen molar-refractivity contribution in [2.45, 2.75) is 12.8 Å². The number of halogens is 1. The van der Waals surface area contributed by atoms with Crippen LogP contribution in [0.25, 0.3) is 0 Å². The maximum Gasteiger partial charge on any atom is 0.303 e. The summed E-state index contributed by atoms with van der Waals surface area (Å²) in [5, 5.41) is 16.0. The fraction of sp³-hybridized carbons (Fsp3) is 0.250. The molecule has 3 N–H and O–H groups in total. The predicted octanol–water partition coefficient (Wildman–Crippen LogP) is 2.11. The maximum absolute atomic E-state index is 10.7. The van der Waals surface area contributed by atoms with Crippen LogP contribution in [0.5, 0.6) is 0 Å². The van der Waals surface area contributed by atoms with Crippen LogP contribution < -0.4 is 10.7 Å². The summed E-state index contributed by atoms with van der Waals surface area (Å²) < 4.78 is 0.951. The van der Waals surface area contributed by atoms with Crippen LogP contribution in [0.2, 0.25) is 0 Å². The molecule has 0 aliphatic carbocycles. The van der Waals surface area contributed by atoms with Crippen molar-refractivity contribution in [3.05, 3.63) is 34.3 Å². The number of benzene rings is 1. The van der Waals surface area contributed by atoms with E-state index >= 15 is 0 Å². The Morgan fingerprint density at radius 1 is 1.37 bits per heavy atom. The minimum Gasteiger partial charge on any atom is -0.481 e. The number of nitrogens with zero attached hydrogens (tertiary/aromatic N) is 1. The van der Waals surface area contributed by atoms with Gasteiger partial charge in [-0.05, 0) is 29.9 Å². The van der Waals surface area contributed by atoms with E-state index in [0.717, 1.165) is 10.0 Å². The zero-order chi connectivity index (χ0) is 14.3. The lowest BCUT2D eigenvalue weighted by molar-refractivity contribution is -0.136. The highest BCUT2D eigenvalue weighted by atomic mass is 79.9. The first-order valence-corrected chi connectivity index (χ1v) is 6.75. The van der Waals surface area contributed by atoms with E-state index in [0.29, 0.717) is 17.2 Å². The maximum atomic E-state index is 10.7. The van der Waals surface area contributed by atoms with Crippen LogP contribution in [0.15, 0.2) is 33.8 Å². The third kappa shape index (κ3) is 5.80. The van der Waals surface area contributed by atoms with Gasteiger partial charge in [-0.15, -0.1) is 0 Å². The van der Waals surface area contributed by atoms with E-state index in [9.17, 15) is 4.79 Å². The highest BCUT2D eigenvalue weighted by Gasteiger charge is 2.07. The second-order valence-electron chi connectivity index (χ2n) is 3.65. The van der Waals surface area contributed by atoms with Crippen LogP contribution in [0.1, 0.15) is 18.4 Å². The molecule has 1 aromatic rings. The van der Waals surface area contributed by atoms with E-state index in [4.69, 9.17) is 17.3 Å². The molecule has 7 heteroatoms. The van der Waals surface area contributed by atoms with E-state index in [2.05, 4.69) is 31.8 Å². The molecular weight excluding hydrogens is 330 g/mol. The Labute approximate surface area is 125 Å².